The van der Waals surface area contributed by atoms with Crippen molar-refractivity contribution in [3.05, 3.63) is 28.2 Å². The second kappa shape index (κ2) is 41.5. The third kappa shape index (κ3) is 34.3. The molecular formula is C43H80N6O17S4. The summed E-state index contributed by atoms with van der Waals surface area (Å²) in [4.78, 5) is 90.3. The molecule has 14 N–H and O–H groups in total. The van der Waals surface area contributed by atoms with Gasteiger partial charge in [-0.1, -0.05) is 92.0 Å². The summed E-state index contributed by atoms with van der Waals surface area (Å²) in [6, 6.07) is -0.896. The van der Waals surface area contributed by atoms with E-state index in [1.54, 1.807) is 13.0 Å². The molecule has 0 radical (unpaired) electrons. The van der Waals surface area contributed by atoms with Gasteiger partial charge in [-0.3, -0.25) is 33.5 Å². The number of unbranched alkanes of at least 4 members (excludes halogenated alkanes) is 4. The number of ether oxygens (including phenoxy) is 1. The maximum atomic E-state index is 13.3. The molecule has 0 saturated heterocycles. The number of hydrogen-bond donors (Lipinski definition) is 10. The Bertz CT molecular complexity index is 1860. The summed E-state index contributed by atoms with van der Waals surface area (Å²) in [6.07, 6.45) is 6.88. The highest BCUT2D eigenvalue weighted by Gasteiger charge is 2.42. The number of nitrogens with one attached hydrogen (secondary N) is 2. The number of cyclic esters (lactones) is 1. The van der Waals surface area contributed by atoms with Gasteiger partial charge in [0.25, 0.3) is 10.1 Å². The number of fused-ring (bicyclic) bond motifs is 4. The summed E-state index contributed by atoms with van der Waals surface area (Å²) in [7, 11) is -1.83. The molecule has 0 spiro atoms. The highest BCUT2D eigenvalue weighted by atomic mass is 32.2. The lowest BCUT2D eigenvalue weighted by atomic mass is 10.0. The minimum absolute atomic E-state index is 0. The quantitative estimate of drug-likeness (QED) is 0.0464. The van der Waals surface area contributed by atoms with Gasteiger partial charge in [-0.15, -0.1) is 23.1 Å². The Hall–Kier alpha value is -4.06. The molecule has 1 aromatic heterocycles. The number of aliphatic hydroxyl groups excluding tert-OH is 2. The van der Waals surface area contributed by atoms with Crippen molar-refractivity contribution in [3.63, 3.8) is 0 Å². The maximum Gasteiger partial charge on any atom is 0.333 e. The maximum absolute atomic E-state index is 13.3. The van der Waals surface area contributed by atoms with Crippen molar-refractivity contribution < 1.29 is 82.3 Å². The average molecular weight is 1080 g/mol. The second-order valence-electron chi connectivity index (χ2n) is 14.8. The highest BCUT2D eigenvalue weighted by Crippen LogP contribution is 2.32. The fourth-order valence-corrected chi connectivity index (χ4v) is 8.53. The molecule has 23 nitrogen and oxygen atoms in total. The van der Waals surface area contributed by atoms with E-state index in [2.05, 4.69) is 33.3 Å². The number of nitrogens with two attached hydrogens (primary N) is 2. The first-order chi connectivity index (χ1) is 32.3. The minimum atomic E-state index is -4.33. The van der Waals surface area contributed by atoms with Crippen LogP contribution in [0.1, 0.15) is 131 Å². The number of carboxylic acid groups (broad SMARTS) is 3. The van der Waals surface area contributed by atoms with E-state index in [0.29, 0.717) is 35.1 Å². The number of hydrogen-bond acceptors (Lipinski definition) is 19. The van der Waals surface area contributed by atoms with Gasteiger partial charge in [-0.25, -0.2) is 14.6 Å². The fourth-order valence-electron chi connectivity index (χ4n) is 4.96. The zero-order valence-electron chi connectivity index (χ0n) is 42.2. The molecular weight excluding hydrogens is 1000 g/mol. The highest BCUT2D eigenvalue weighted by molar-refractivity contribution is 8.14. The molecule has 0 aliphatic carbocycles. The van der Waals surface area contributed by atoms with Crippen LogP contribution in [0.25, 0.3) is 0 Å². The molecule has 1 aromatic rings. The van der Waals surface area contributed by atoms with Crippen molar-refractivity contribution >= 4 is 90.8 Å². The van der Waals surface area contributed by atoms with E-state index in [0.717, 1.165) is 31.9 Å². The van der Waals surface area contributed by atoms with Crippen LogP contribution in [0.3, 0.4) is 0 Å². The van der Waals surface area contributed by atoms with Gasteiger partial charge in [0.1, 0.15) is 44.7 Å². The zero-order chi connectivity index (χ0) is 54.6. The standard InChI is InChI=1S/C29H42N4O5S3.C4H9NO5S.C4H6O5.2C2H6.CH5N.CH4O.H2O/c1-5-6-7-8-9-13-24(35)39-14-11-10-12-20-15-22(34)30-16-23-31-21(17-40-23)26-33-29(4,18-41-26)28(37)32-25(19(2)3)27(36)38-20;1-4(5,3(6)7)2-11(8,9)10;5-2(4(8)9)1-3(6)7;4*1-2;/h10,12,17,19-20,25H,5-9,11,13-16,18H2,1-4H3,(H,30,34)(H,32,37);2,5H2,1H3,(H,6,7)(H,8,9,10);2,5H,1H2,(H,6,7)(H,8,9);2*1-2H3;2H2,1H3;2H,1H3;1H2/b12-10+;;;;;;;. The Morgan fingerprint density at radius 2 is 1.61 bits per heavy atom. The molecule has 2 amide bonds. The molecule has 0 saturated carbocycles. The van der Waals surface area contributed by atoms with Crippen LogP contribution in [0.5, 0.6) is 0 Å². The molecule has 4 bridgehead atoms. The van der Waals surface area contributed by atoms with Gasteiger partial charge in [0.05, 0.1) is 19.4 Å². The number of amides is 2. The van der Waals surface area contributed by atoms with Gasteiger partial charge in [0.2, 0.25) is 11.8 Å². The summed E-state index contributed by atoms with van der Waals surface area (Å²) in [5.74, 6) is -5.74. The molecule has 3 heterocycles. The van der Waals surface area contributed by atoms with Gasteiger partial charge in [0, 0.05) is 30.4 Å². The van der Waals surface area contributed by atoms with Gasteiger partial charge < -0.3 is 57.8 Å². The first-order valence-corrected chi connectivity index (χ1v) is 26.7. The van der Waals surface area contributed by atoms with E-state index in [1.807, 2.05) is 53.0 Å². The predicted octanol–water partition coefficient (Wildman–Crippen LogP) is 3.03. The van der Waals surface area contributed by atoms with Crippen molar-refractivity contribution in [2.24, 2.45) is 22.4 Å². The second-order valence-corrected chi connectivity index (χ2v) is 19.3. The van der Waals surface area contributed by atoms with Gasteiger partial charge >= 0.3 is 23.9 Å². The number of esters is 1. The Balaban J connectivity index is -0.000000399. The van der Waals surface area contributed by atoms with Crippen LogP contribution < -0.4 is 22.1 Å². The van der Waals surface area contributed by atoms with E-state index in [-0.39, 0.29) is 41.3 Å². The molecule has 0 aromatic carbocycles. The summed E-state index contributed by atoms with van der Waals surface area (Å²) >= 11 is 4.18. The number of thioether (sulfide) groups is 2. The lowest BCUT2D eigenvalue weighted by Gasteiger charge is -2.27. The van der Waals surface area contributed by atoms with Crippen molar-refractivity contribution in [3.8, 4) is 0 Å². The third-order valence-corrected chi connectivity index (χ3v) is 12.5. The number of aromatic nitrogens is 1. The molecule has 27 heteroatoms. The number of thiazole rings is 1. The number of aliphatic imine (C=N–C) groups is 1. The molecule has 70 heavy (non-hydrogen) atoms. The summed E-state index contributed by atoms with van der Waals surface area (Å²) in [5, 5.41) is 48.6. The number of rotatable bonds is 17. The van der Waals surface area contributed by atoms with Crippen molar-refractivity contribution in [1.82, 2.24) is 15.6 Å². The third-order valence-electron chi connectivity index (χ3n) is 8.40. The smallest absolute Gasteiger partial charge is 0.333 e. The van der Waals surface area contributed by atoms with Crippen LogP contribution in [0.15, 0.2) is 22.5 Å². The van der Waals surface area contributed by atoms with Crippen LogP contribution in [0.2, 0.25) is 0 Å². The SMILES string of the molecule is CC.CC.CC(N)(CS(=O)(=O)O)C(=O)O.CCCCCCCC(=O)SCC/C=C/C1CC(=O)NCc2nc(cs2)C2=NC(C)(CS2)C(=O)NC(C(C)C)C(=O)O1.CN.CO.O.O=C(O)CC(O)C(=O)O. The normalized spacial score (nSPS) is 18.6. The van der Waals surface area contributed by atoms with E-state index in [1.165, 1.54) is 61.2 Å². The Kier molecular flexibility index (Phi) is 44.4. The number of allylic oxidation sites excluding steroid dienone is 1. The lowest BCUT2D eigenvalue weighted by Crippen LogP contribution is -2.53. The predicted molar refractivity (Wildman–Crippen MR) is 274 cm³/mol. The number of carbonyl (C=O) groups excluding carboxylic acids is 4. The van der Waals surface area contributed by atoms with E-state index in [4.69, 9.17) is 40.6 Å². The van der Waals surface area contributed by atoms with Crippen molar-refractivity contribution in [1.29, 1.82) is 0 Å². The molecule has 2 aliphatic heterocycles. The molecule has 408 valence electrons. The Labute approximate surface area is 424 Å². The summed E-state index contributed by atoms with van der Waals surface area (Å²) in [6.45, 7) is 16.8. The Morgan fingerprint density at radius 1 is 1.04 bits per heavy atom. The lowest BCUT2D eigenvalue weighted by molar-refractivity contribution is -0.153. The van der Waals surface area contributed by atoms with Crippen LogP contribution >= 0.6 is 34.9 Å². The summed E-state index contributed by atoms with van der Waals surface area (Å²) in [5.41, 5.74) is 7.22. The van der Waals surface area contributed by atoms with Gasteiger partial charge in [0.15, 0.2) is 11.2 Å². The molecule has 5 atom stereocenters. The molecule has 3 rings (SSSR count). The number of aliphatic carboxylic acids is 3. The van der Waals surface area contributed by atoms with Crippen molar-refractivity contribution in [2.45, 2.75) is 156 Å². The van der Waals surface area contributed by atoms with Gasteiger partial charge in [-0.2, -0.15) is 8.42 Å². The van der Waals surface area contributed by atoms with E-state index < -0.39 is 75.5 Å². The van der Waals surface area contributed by atoms with E-state index in [9.17, 15) is 42.0 Å². The zero-order valence-corrected chi connectivity index (χ0v) is 45.4. The monoisotopic (exact) mass is 1080 g/mol. The van der Waals surface area contributed by atoms with Crippen LogP contribution in [-0.2, 0) is 55.0 Å². The minimum Gasteiger partial charge on any atom is -0.481 e. The van der Waals surface area contributed by atoms with E-state index >= 15 is 0 Å². The summed E-state index contributed by atoms with van der Waals surface area (Å²) < 4.78 is 34.3. The number of carboxylic acids is 3. The Morgan fingerprint density at radius 3 is 2.09 bits per heavy atom. The number of carbonyl (C=O) groups is 7. The number of nitrogens with zero attached hydrogens (tertiary/aromatic N) is 2. The van der Waals surface area contributed by atoms with Crippen LogP contribution in [0, 0.1) is 5.92 Å². The largest absolute Gasteiger partial charge is 0.481 e. The topological polar surface area (TPSA) is 417 Å². The molecule has 5 unspecified atom stereocenters. The van der Waals surface area contributed by atoms with Crippen molar-refractivity contribution in [2.75, 3.05) is 31.4 Å². The number of aliphatic hydroxyl groups is 2. The first-order valence-electron chi connectivity index (χ1n) is 22.2. The average Bonchev–Trinajstić information content (AvgIpc) is 3.93. The fraction of sp³-hybridized carbons (Fsp3) is 0.698. The van der Waals surface area contributed by atoms with Crippen LogP contribution in [-0.4, -0.2) is 156 Å². The molecule has 0 fully saturated rings. The molecule has 2 aliphatic rings. The van der Waals surface area contributed by atoms with Gasteiger partial charge in [-0.05, 0) is 45.7 Å². The first kappa shape index (κ1) is 74.9. The van der Waals surface area contributed by atoms with Crippen LogP contribution in [0.4, 0.5) is 0 Å².